The number of amides is 1. The Bertz CT molecular complexity index is 304. The summed E-state index contributed by atoms with van der Waals surface area (Å²) in [6, 6.07) is -0.0841. The Balaban J connectivity index is 2.63. The van der Waals surface area contributed by atoms with Crippen LogP contribution in [0.1, 0.15) is 33.6 Å². The van der Waals surface area contributed by atoms with E-state index < -0.39 is 17.7 Å². The number of ether oxygens (including phenoxy) is 2. The SMILES string of the molecule is CC(C)(C)OC(=O)N(CCC(=O)O)C1CCOC1. The Morgan fingerprint density at radius 1 is 1.44 bits per heavy atom. The van der Waals surface area contributed by atoms with Crippen molar-refractivity contribution in [1.29, 1.82) is 0 Å². The third-order valence-corrected chi connectivity index (χ3v) is 2.54. The van der Waals surface area contributed by atoms with Crippen molar-refractivity contribution < 1.29 is 24.2 Å². The van der Waals surface area contributed by atoms with Crippen LogP contribution in [-0.2, 0) is 14.3 Å². The Labute approximate surface area is 107 Å². The minimum Gasteiger partial charge on any atom is -0.481 e. The number of rotatable bonds is 4. The molecule has 0 spiro atoms. The van der Waals surface area contributed by atoms with E-state index in [4.69, 9.17) is 14.6 Å². The van der Waals surface area contributed by atoms with E-state index in [1.54, 1.807) is 20.8 Å². The van der Waals surface area contributed by atoms with Crippen molar-refractivity contribution in [2.45, 2.75) is 45.3 Å². The van der Waals surface area contributed by atoms with Crippen molar-refractivity contribution in [1.82, 2.24) is 4.90 Å². The van der Waals surface area contributed by atoms with Gasteiger partial charge in [0.2, 0.25) is 0 Å². The summed E-state index contributed by atoms with van der Waals surface area (Å²) >= 11 is 0. The van der Waals surface area contributed by atoms with Gasteiger partial charge < -0.3 is 19.5 Å². The molecule has 1 N–H and O–H groups in total. The lowest BCUT2D eigenvalue weighted by atomic mass is 10.2. The molecular weight excluding hydrogens is 238 g/mol. The first-order valence-corrected chi connectivity index (χ1v) is 6.09. The minimum atomic E-state index is -0.928. The summed E-state index contributed by atoms with van der Waals surface area (Å²) < 4.78 is 10.5. The van der Waals surface area contributed by atoms with Crippen LogP contribution < -0.4 is 0 Å². The fraction of sp³-hybridized carbons (Fsp3) is 0.833. The number of carboxylic acids is 1. The van der Waals surface area contributed by atoms with Gasteiger partial charge in [0.1, 0.15) is 5.60 Å². The van der Waals surface area contributed by atoms with Crippen molar-refractivity contribution in [3.8, 4) is 0 Å². The molecule has 1 atom stereocenters. The fourth-order valence-corrected chi connectivity index (χ4v) is 1.73. The molecule has 1 unspecified atom stereocenters. The molecule has 6 heteroatoms. The molecule has 1 aliphatic heterocycles. The summed E-state index contributed by atoms with van der Waals surface area (Å²) in [4.78, 5) is 24.1. The molecule has 1 aliphatic rings. The normalized spacial score (nSPS) is 19.6. The third kappa shape index (κ3) is 4.91. The van der Waals surface area contributed by atoms with Crippen molar-refractivity contribution in [2.24, 2.45) is 0 Å². The molecule has 0 aromatic heterocycles. The fourth-order valence-electron chi connectivity index (χ4n) is 1.73. The van der Waals surface area contributed by atoms with Gasteiger partial charge in [0, 0.05) is 13.2 Å². The summed E-state index contributed by atoms with van der Waals surface area (Å²) in [5, 5.41) is 8.71. The highest BCUT2D eigenvalue weighted by Gasteiger charge is 2.30. The van der Waals surface area contributed by atoms with Crippen LogP contribution in [0.3, 0.4) is 0 Å². The summed E-state index contributed by atoms with van der Waals surface area (Å²) in [5.74, 6) is -0.928. The van der Waals surface area contributed by atoms with Crippen molar-refractivity contribution in [2.75, 3.05) is 19.8 Å². The standard InChI is InChI=1S/C12H21NO5/c1-12(2,3)18-11(16)13(6-4-10(14)15)9-5-7-17-8-9/h9H,4-8H2,1-3H3,(H,14,15). The van der Waals surface area contributed by atoms with Gasteiger partial charge in [-0.3, -0.25) is 4.79 Å². The predicted molar refractivity (Wildman–Crippen MR) is 64.4 cm³/mol. The smallest absolute Gasteiger partial charge is 0.410 e. The second-order valence-electron chi connectivity index (χ2n) is 5.33. The maximum atomic E-state index is 12.0. The topological polar surface area (TPSA) is 76.1 Å². The molecule has 0 aliphatic carbocycles. The Hall–Kier alpha value is -1.30. The highest BCUT2D eigenvalue weighted by molar-refractivity contribution is 5.71. The lowest BCUT2D eigenvalue weighted by molar-refractivity contribution is -0.137. The molecule has 1 rings (SSSR count). The van der Waals surface area contributed by atoms with E-state index in [0.29, 0.717) is 13.2 Å². The zero-order chi connectivity index (χ0) is 13.8. The molecule has 0 radical (unpaired) electrons. The van der Waals surface area contributed by atoms with Crippen LogP contribution in [0.5, 0.6) is 0 Å². The molecule has 104 valence electrons. The van der Waals surface area contributed by atoms with Gasteiger partial charge in [-0.25, -0.2) is 4.79 Å². The molecular formula is C12H21NO5. The van der Waals surface area contributed by atoms with Crippen molar-refractivity contribution in [3.63, 3.8) is 0 Å². The van der Waals surface area contributed by atoms with E-state index in [0.717, 1.165) is 6.42 Å². The molecule has 1 amide bonds. The largest absolute Gasteiger partial charge is 0.481 e. The number of carbonyl (C=O) groups excluding carboxylic acids is 1. The molecule has 1 fully saturated rings. The number of hydrogen-bond donors (Lipinski definition) is 1. The van der Waals surface area contributed by atoms with E-state index in [1.807, 2.05) is 0 Å². The Morgan fingerprint density at radius 2 is 2.11 bits per heavy atom. The summed E-state index contributed by atoms with van der Waals surface area (Å²) in [6.45, 7) is 6.54. The predicted octanol–water partition coefficient (Wildman–Crippen LogP) is 1.49. The van der Waals surface area contributed by atoms with Gasteiger partial charge in [-0.2, -0.15) is 0 Å². The summed E-state index contributed by atoms with van der Waals surface area (Å²) in [7, 11) is 0. The van der Waals surface area contributed by atoms with Crippen molar-refractivity contribution in [3.05, 3.63) is 0 Å². The Kier molecular flexibility index (Phi) is 4.95. The van der Waals surface area contributed by atoms with Gasteiger partial charge in [-0.15, -0.1) is 0 Å². The first-order chi connectivity index (χ1) is 8.29. The second kappa shape index (κ2) is 6.04. The lowest BCUT2D eigenvalue weighted by Gasteiger charge is -2.30. The zero-order valence-corrected chi connectivity index (χ0v) is 11.1. The molecule has 1 heterocycles. The molecule has 0 aromatic carbocycles. The van der Waals surface area contributed by atoms with Crippen LogP contribution in [0, 0.1) is 0 Å². The maximum absolute atomic E-state index is 12.0. The number of aliphatic carboxylic acids is 1. The van der Waals surface area contributed by atoms with Crippen LogP contribution in [0.4, 0.5) is 4.79 Å². The number of hydrogen-bond acceptors (Lipinski definition) is 4. The van der Waals surface area contributed by atoms with Crippen LogP contribution in [0.2, 0.25) is 0 Å². The van der Waals surface area contributed by atoms with E-state index in [2.05, 4.69) is 0 Å². The average molecular weight is 259 g/mol. The highest BCUT2D eigenvalue weighted by Crippen LogP contribution is 2.17. The van der Waals surface area contributed by atoms with Crippen molar-refractivity contribution >= 4 is 12.1 Å². The quantitative estimate of drug-likeness (QED) is 0.827. The van der Waals surface area contributed by atoms with E-state index in [-0.39, 0.29) is 19.0 Å². The summed E-state index contributed by atoms with van der Waals surface area (Å²) in [5.41, 5.74) is -0.585. The highest BCUT2D eigenvalue weighted by atomic mass is 16.6. The van der Waals surface area contributed by atoms with Crippen LogP contribution in [0.15, 0.2) is 0 Å². The van der Waals surface area contributed by atoms with Gasteiger partial charge in [-0.1, -0.05) is 0 Å². The van der Waals surface area contributed by atoms with Gasteiger partial charge >= 0.3 is 12.1 Å². The molecule has 1 saturated heterocycles. The van der Waals surface area contributed by atoms with Crippen LogP contribution >= 0.6 is 0 Å². The van der Waals surface area contributed by atoms with Gasteiger partial charge in [0.25, 0.3) is 0 Å². The van der Waals surface area contributed by atoms with Gasteiger partial charge in [0.15, 0.2) is 0 Å². The number of carboxylic acid groups (broad SMARTS) is 1. The second-order valence-corrected chi connectivity index (χ2v) is 5.33. The third-order valence-electron chi connectivity index (χ3n) is 2.54. The zero-order valence-electron chi connectivity index (χ0n) is 11.1. The Morgan fingerprint density at radius 3 is 2.56 bits per heavy atom. The number of carbonyl (C=O) groups is 2. The summed E-state index contributed by atoms with van der Waals surface area (Å²) in [6.07, 6.45) is 0.161. The first kappa shape index (κ1) is 14.8. The minimum absolute atomic E-state index is 0.0841. The molecule has 0 aromatic rings. The van der Waals surface area contributed by atoms with E-state index >= 15 is 0 Å². The van der Waals surface area contributed by atoms with Crippen LogP contribution in [0.25, 0.3) is 0 Å². The van der Waals surface area contributed by atoms with Gasteiger partial charge in [0.05, 0.1) is 19.1 Å². The van der Waals surface area contributed by atoms with E-state index in [9.17, 15) is 9.59 Å². The monoisotopic (exact) mass is 259 g/mol. The lowest BCUT2D eigenvalue weighted by Crippen LogP contribution is -2.44. The average Bonchev–Trinajstić information content (AvgIpc) is 2.67. The number of nitrogens with zero attached hydrogens (tertiary/aromatic N) is 1. The maximum Gasteiger partial charge on any atom is 0.410 e. The van der Waals surface area contributed by atoms with Crippen LogP contribution in [-0.4, -0.2) is 53.5 Å². The molecule has 0 bridgehead atoms. The molecule has 0 saturated carbocycles. The first-order valence-electron chi connectivity index (χ1n) is 6.09. The molecule has 6 nitrogen and oxygen atoms in total. The van der Waals surface area contributed by atoms with Gasteiger partial charge in [-0.05, 0) is 27.2 Å². The molecule has 18 heavy (non-hydrogen) atoms. The van der Waals surface area contributed by atoms with E-state index in [1.165, 1.54) is 4.90 Å².